The highest BCUT2D eigenvalue weighted by Crippen LogP contribution is 2.25. The van der Waals surface area contributed by atoms with E-state index in [0.717, 1.165) is 12.8 Å². The van der Waals surface area contributed by atoms with Gasteiger partial charge in [0, 0.05) is 6.07 Å². The van der Waals surface area contributed by atoms with Crippen LogP contribution in [0.5, 0.6) is 11.5 Å². The minimum absolute atomic E-state index is 0.404. The van der Waals surface area contributed by atoms with Gasteiger partial charge in [-0.15, -0.1) is 0 Å². The van der Waals surface area contributed by atoms with E-state index in [1.807, 2.05) is 0 Å². The zero-order chi connectivity index (χ0) is 12.7. The van der Waals surface area contributed by atoms with Gasteiger partial charge in [0.2, 0.25) is 0 Å². The first-order valence-corrected chi connectivity index (χ1v) is 5.62. The SMILES string of the molecule is CCCCOc1cc(OC)ccc1C(=O)OC. The molecule has 4 nitrogen and oxygen atoms in total. The molecule has 17 heavy (non-hydrogen) atoms. The summed E-state index contributed by atoms with van der Waals surface area (Å²) in [5.41, 5.74) is 0.421. The van der Waals surface area contributed by atoms with Gasteiger partial charge in [0.1, 0.15) is 17.1 Å². The molecule has 4 heteroatoms. The monoisotopic (exact) mass is 238 g/mol. The van der Waals surface area contributed by atoms with Gasteiger partial charge in [0.25, 0.3) is 0 Å². The molecule has 94 valence electrons. The number of carbonyl (C=O) groups is 1. The van der Waals surface area contributed by atoms with Gasteiger partial charge in [-0.3, -0.25) is 0 Å². The third-order valence-electron chi connectivity index (χ3n) is 2.35. The average Bonchev–Trinajstić information content (AvgIpc) is 2.38. The van der Waals surface area contributed by atoms with E-state index < -0.39 is 5.97 Å². The molecule has 0 aromatic heterocycles. The molecule has 0 aliphatic rings. The number of methoxy groups -OCH3 is 2. The van der Waals surface area contributed by atoms with Crippen LogP contribution in [0.2, 0.25) is 0 Å². The number of hydrogen-bond donors (Lipinski definition) is 0. The van der Waals surface area contributed by atoms with Crippen LogP contribution in [0.25, 0.3) is 0 Å². The van der Waals surface area contributed by atoms with E-state index in [1.165, 1.54) is 7.11 Å². The van der Waals surface area contributed by atoms with Crippen molar-refractivity contribution in [2.45, 2.75) is 19.8 Å². The molecular weight excluding hydrogens is 220 g/mol. The van der Waals surface area contributed by atoms with E-state index in [4.69, 9.17) is 14.2 Å². The molecule has 0 aliphatic carbocycles. The molecule has 1 rings (SSSR count). The topological polar surface area (TPSA) is 44.8 Å². The number of esters is 1. The largest absolute Gasteiger partial charge is 0.497 e. The van der Waals surface area contributed by atoms with Gasteiger partial charge in [0.05, 0.1) is 20.8 Å². The highest BCUT2D eigenvalue weighted by Gasteiger charge is 2.13. The Morgan fingerprint density at radius 3 is 2.65 bits per heavy atom. The Labute approximate surface area is 101 Å². The van der Waals surface area contributed by atoms with Gasteiger partial charge in [-0.25, -0.2) is 4.79 Å². The molecule has 0 unspecified atom stereocenters. The summed E-state index contributed by atoms with van der Waals surface area (Å²) >= 11 is 0. The van der Waals surface area contributed by atoms with Crippen LogP contribution in [0.4, 0.5) is 0 Å². The number of hydrogen-bond acceptors (Lipinski definition) is 4. The third kappa shape index (κ3) is 3.66. The van der Waals surface area contributed by atoms with Crippen molar-refractivity contribution in [3.63, 3.8) is 0 Å². The zero-order valence-electron chi connectivity index (χ0n) is 10.5. The summed E-state index contributed by atoms with van der Waals surface area (Å²) in [5, 5.41) is 0. The molecular formula is C13H18O4. The number of rotatable bonds is 6. The maximum Gasteiger partial charge on any atom is 0.341 e. The number of carbonyl (C=O) groups excluding carboxylic acids is 1. The molecule has 0 fully saturated rings. The van der Waals surface area contributed by atoms with Crippen molar-refractivity contribution < 1.29 is 19.0 Å². The van der Waals surface area contributed by atoms with Gasteiger partial charge in [-0.1, -0.05) is 13.3 Å². The number of benzene rings is 1. The van der Waals surface area contributed by atoms with Crippen molar-refractivity contribution in [3.8, 4) is 11.5 Å². The summed E-state index contributed by atoms with van der Waals surface area (Å²) in [6.07, 6.45) is 1.98. The highest BCUT2D eigenvalue weighted by atomic mass is 16.5. The van der Waals surface area contributed by atoms with Crippen LogP contribution < -0.4 is 9.47 Å². The van der Waals surface area contributed by atoms with Crippen LogP contribution in [0.15, 0.2) is 18.2 Å². The standard InChI is InChI=1S/C13H18O4/c1-4-5-8-17-12-9-10(15-2)6-7-11(12)13(14)16-3/h6-7,9H,4-5,8H2,1-3H3. The molecule has 0 radical (unpaired) electrons. The second-order valence-corrected chi connectivity index (χ2v) is 3.56. The summed E-state index contributed by atoms with van der Waals surface area (Å²) in [6, 6.07) is 5.05. The van der Waals surface area contributed by atoms with E-state index in [2.05, 4.69) is 6.92 Å². The summed E-state index contributed by atoms with van der Waals surface area (Å²) in [5.74, 6) is 0.757. The molecule has 0 saturated carbocycles. The van der Waals surface area contributed by atoms with Crippen molar-refractivity contribution in [3.05, 3.63) is 23.8 Å². The fourth-order valence-corrected chi connectivity index (χ4v) is 1.35. The van der Waals surface area contributed by atoms with Crippen molar-refractivity contribution in [1.82, 2.24) is 0 Å². The minimum Gasteiger partial charge on any atom is -0.497 e. The van der Waals surface area contributed by atoms with Crippen molar-refractivity contribution in [1.29, 1.82) is 0 Å². The van der Waals surface area contributed by atoms with Crippen LogP contribution in [-0.4, -0.2) is 26.8 Å². The Balaban J connectivity index is 2.90. The number of unbranched alkanes of at least 4 members (excludes halogenated alkanes) is 1. The van der Waals surface area contributed by atoms with Crippen LogP contribution in [-0.2, 0) is 4.74 Å². The first-order chi connectivity index (χ1) is 8.22. The van der Waals surface area contributed by atoms with Crippen molar-refractivity contribution in [2.24, 2.45) is 0 Å². The Morgan fingerprint density at radius 1 is 1.29 bits per heavy atom. The van der Waals surface area contributed by atoms with Gasteiger partial charge in [0.15, 0.2) is 0 Å². The Hall–Kier alpha value is -1.71. The lowest BCUT2D eigenvalue weighted by Crippen LogP contribution is -2.06. The molecule has 1 aromatic carbocycles. The van der Waals surface area contributed by atoms with E-state index >= 15 is 0 Å². The lowest BCUT2D eigenvalue weighted by Gasteiger charge is -2.11. The second kappa shape index (κ2) is 6.78. The summed E-state index contributed by atoms with van der Waals surface area (Å²) in [7, 11) is 2.92. The maximum absolute atomic E-state index is 11.5. The first-order valence-electron chi connectivity index (χ1n) is 5.62. The molecule has 0 spiro atoms. The van der Waals surface area contributed by atoms with Crippen molar-refractivity contribution >= 4 is 5.97 Å². The average molecular weight is 238 g/mol. The van der Waals surface area contributed by atoms with Gasteiger partial charge < -0.3 is 14.2 Å². The molecule has 0 bridgehead atoms. The fraction of sp³-hybridized carbons (Fsp3) is 0.462. The van der Waals surface area contributed by atoms with E-state index in [0.29, 0.717) is 23.7 Å². The highest BCUT2D eigenvalue weighted by molar-refractivity contribution is 5.92. The Bertz CT molecular complexity index is 374. The molecule has 0 aliphatic heterocycles. The maximum atomic E-state index is 11.5. The molecule has 0 amide bonds. The van der Waals surface area contributed by atoms with Gasteiger partial charge in [-0.05, 0) is 18.6 Å². The Morgan fingerprint density at radius 2 is 2.06 bits per heavy atom. The molecule has 0 heterocycles. The van der Waals surface area contributed by atoms with E-state index in [-0.39, 0.29) is 0 Å². The lowest BCUT2D eigenvalue weighted by molar-refractivity contribution is 0.0596. The van der Waals surface area contributed by atoms with Gasteiger partial charge >= 0.3 is 5.97 Å². The van der Waals surface area contributed by atoms with E-state index in [9.17, 15) is 4.79 Å². The predicted octanol–water partition coefficient (Wildman–Crippen LogP) is 2.66. The van der Waals surface area contributed by atoms with Crippen LogP contribution in [0.1, 0.15) is 30.1 Å². The normalized spacial score (nSPS) is 9.82. The number of ether oxygens (including phenoxy) is 3. The Kier molecular flexibility index (Phi) is 5.33. The van der Waals surface area contributed by atoms with Crippen LogP contribution >= 0.6 is 0 Å². The summed E-state index contributed by atoms with van der Waals surface area (Å²) in [4.78, 5) is 11.5. The van der Waals surface area contributed by atoms with Crippen LogP contribution in [0.3, 0.4) is 0 Å². The fourth-order valence-electron chi connectivity index (χ4n) is 1.35. The van der Waals surface area contributed by atoms with Crippen LogP contribution in [0, 0.1) is 0 Å². The zero-order valence-corrected chi connectivity index (χ0v) is 10.5. The smallest absolute Gasteiger partial charge is 0.341 e. The molecule has 0 atom stereocenters. The predicted molar refractivity (Wildman–Crippen MR) is 64.7 cm³/mol. The second-order valence-electron chi connectivity index (χ2n) is 3.56. The molecule has 1 aromatic rings. The van der Waals surface area contributed by atoms with Crippen molar-refractivity contribution in [2.75, 3.05) is 20.8 Å². The third-order valence-corrected chi connectivity index (χ3v) is 2.35. The van der Waals surface area contributed by atoms with Gasteiger partial charge in [-0.2, -0.15) is 0 Å². The lowest BCUT2D eigenvalue weighted by atomic mass is 10.2. The quantitative estimate of drug-likeness (QED) is 0.564. The van der Waals surface area contributed by atoms with E-state index in [1.54, 1.807) is 25.3 Å². The minimum atomic E-state index is -0.404. The summed E-state index contributed by atoms with van der Waals surface area (Å²) in [6.45, 7) is 2.66. The first kappa shape index (κ1) is 13.4. The molecule has 0 saturated heterocycles. The molecule has 0 N–H and O–H groups in total. The summed E-state index contributed by atoms with van der Waals surface area (Å²) < 4.78 is 15.4.